The van der Waals surface area contributed by atoms with E-state index in [1.54, 1.807) is 6.07 Å². The number of hydrogen-bond acceptors (Lipinski definition) is 3. The number of carbonyl (C=O) groups excluding carboxylic acids is 1. The number of hydrogen-bond donors (Lipinski definition) is 3. The second kappa shape index (κ2) is 8.58. The number of rotatable bonds is 4. The number of aliphatic hydroxyl groups is 1. The summed E-state index contributed by atoms with van der Waals surface area (Å²) < 4.78 is 23.9. The van der Waals surface area contributed by atoms with Gasteiger partial charge in [-0.25, -0.2) is 8.78 Å². The molecular weight excluding hydrogens is 328 g/mol. The van der Waals surface area contributed by atoms with Gasteiger partial charge in [-0.3, -0.25) is 4.79 Å². The number of primary amides is 1. The van der Waals surface area contributed by atoms with Gasteiger partial charge >= 0.3 is 0 Å². The lowest BCUT2D eigenvalue weighted by Crippen LogP contribution is -2.46. The first-order valence-corrected chi connectivity index (χ1v) is 7.72. The molecule has 2 aromatic rings. The Balaban J connectivity index is 0.000000260. The van der Waals surface area contributed by atoms with E-state index < -0.39 is 23.9 Å². The topological polar surface area (TPSA) is 83.6 Å². The van der Waals surface area contributed by atoms with E-state index in [2.05, 4.69) is 0 Å². The second-order valence-corrected chi connectivity index (χ2v) is 6.02. The Kier molecular flexibility index (Phi) is 7.06. The number of carbonyl (C=O) groups is 1. The Morgan fingerprint density at radius 3 is 2.08 bits per heavy atom. The Hall–Kier alpha value is -2.47. The summed E-state index contributed by atoms with van der Waals surface area (Å²) in [6, 6.07) is 15.8. The smallest absolute Gasteiger partial charge is 0.267 e. The normalized spacial score (nSPS) is 14.2. The van der Waals surface area contributed by atoms with Crippen LogP contribution in [0.1, 0.15) is 19.4 Å². The molecule has 2 atom stereocenters. The monoisotopic (exact) mass is 351 g/mol. The van der Waals surface area contributed by atoms with Gasteiger partial charge in [0.1, 0.15) is 11.4 Å². The number of phenolic OH excluding ortho intramolecular Hbond substituents is 1. The second-order valence-electron chi connectivity index (χ2n) is 6.02. The van der Waals surface area contributed by atoms with Gasteiger partial charge in [-0.1, -0.05) is 49.4 Å². The van der Waals surface area contributed by atoms with Gasteiger partial charge in [0.2, 0.25) is 5.91 Å². The number of benzene rings is 2. The third kappa shape index (κ3) is 5.53. The van der Waals surface area contributed by atoms with Crippen LogP contribution in [0.4, 0.5) is 8.78 Å². The summed E-state index contributed by atoms with van der Waals surface area (Å²) in [6.45, 7) is 3.94. The molecule has 0 spiro atoms. The molecule has 0 saturated carbocycles. The maximum absolute atomic E-state index is 12.0. The molecular formula is C19H23F2NO3. The van der Waals surface area contributed by atoms with E-state index in [0.29, 0.717) is 5.75 Å². The number of amides is 1. The van der Waals surface area contributed by atoms with Crippen molar-refractivity contribution >= 4 is 5.91 Å². The number of nitrogens with two attached hydrogens (primary N) is 1. The molecule has 0 fully saturated rings. The largest absolute Gasteiger partial charge is 0.508 e. The van der Waals surface area contributed by atoms with Crippen LogP contribution in [0.25, 0.3) is 11.1 Å². The number of halogens is 2. The van der Waals surface area contributed by atoms with Crippen LogP contribution < -0.4 is 5.73 Å². The summed E-state index contributed by atoms with van der Waals surface area (Å²) in [5.74, 6) is -1.83. The molecule has 4 N–H and O–H groups in total. The summed E-state index contributed by atoms with van der Waals surface area (Å²) in [5.41, 5.74) is 5.48. The maximum Gasteiger partial charge on any atom is 0.267 e. The van der Waals surface area contributed by atoms with Gasteiger partial charge in [-0.05, 0) is 36.6 Å². The van der Waals surface area contributed by atoms with E-state index in [-0.39, 0.29) is 0 Å². The summed E-state index contributed by atoms with van der Waals surface area (Å²) in [5, 5.41) is 18.5. The molecule has 6 heteroatoms. The van der Waals surface area contributed by atoms with E-state index in [4.69, 9.17) is 10.8 Å². The summed E-state index contributed by atoms with van der Waals surface area (Å²) in [4.78, 5) is 10.4. The summed E-state index contributed by atoms with van der Waals surface area (Å²) >= 11 is 0. The first-order valence-electron chi connectivity index (χ1n) is 7.72. The van der Waals surface area contributed by atoms with E-state index in [1.165, 1.54) is 0 Å². The van der Waals surface area contributed by atoms with E-state index in [0.717, 1.165) is 30.5 Å². The molecule has 0 aliphatic rings. The quantitative estimate of drug-likeness (QED) is 0.788. The van der Waals surface area contributed by atoms with Gasteiger partial charge in [-0.15, -0.1) is 0 Å². The zero-order valence-electron chi connectivity index (χ0n) is 14.4. The highest BCUT2D eigenvalue weighted by Crippen LogP contribution is 2.25. The molecule has 0 aliphatic carbocycles. The summed E-state index contributed by atoms with van der Waals surface area (Å²) in [6.07, 6.45) is -2.97. The van der Waals surface area contributed by atoms with Crippen molar-refractivity contribution in [3.8, 4) is 16.9 Å². The molecule has 1 amide bonds. The predicted octanol–water partition coefficient (Wildman–Crippen LogP) is 3.49. The SMILES string of the molecule is CC(C(N)=O)C(C)(O)C(F)F.Cc1ccc(-c2ccccc2)cc1O. The standard InChI is InChI=1S/C13H12O.C6H11F2NO2/c1-10-7-8-12(9-13(10)14)11-5-3-2-4-6-11;1-3(4(9)10)6(2,11)5(7)8/h2-9,14H,1H3;3,5,11H,1-2H3,(H2,9,10). The van der Waals surface area contributed by atoms with Gasteiger partial charge in [0.15, 0.2) is 0 Å². The maximum atomic E-state index is 12.0. The van der Waals surface area contributed by atoms with Gasteiger partial charge in [0.25, 0.3) is 6.43 Å². The zero-order chi connectivity index (χ0) is 19.2. The predicted molar refractivity (Wildman–Crippen MR) is 93.3 cm³/mol. The van der Waals surface area contributed by atoms with Gasteiger partial charge in [0.05, 0.1) is 5.92 Å². The van der Waals surface area contributed by atoms with Crippen LogP contribution in [0.2, 0.25) is 0 Å². The lowest BCUT2D eigenvalue weighted by atomic mass is 9.91. The van der Waals surface area contributed by atoms with Crippen molar-refractivity contribution in [2.45, 2.75) is 32.8 Å². The molecule has 25 heavy (non-hydrogen) atoms. The average molecular weight is 351 g/mol. The average Bonchev–Trinajstić information content (AvgIpc) is 2.57. The number of phenols is 1. The highest BCUT2D eigenvalue weighted by molar-refractivity contribution is 5.77. The molecule has 2 rings (SSSR count). The van der Waals surface area contributed by atoms with Crippen molar-refractivity contribution in [3.05, 3.63) is 54.1 Å². The number of aromatic hydroxyl groups is 1. The van der Waals surface area contributed by atoms with Crippen LogP contribution in [0.5, 0.6) is 5.75 Å². The van der Waals surface area contributed by atoms with Gasteiger partial charge in [0, 0.05) is 0 Å². The Morgan fingerprint density at radius 1 is 1.12 bits per heavy atom. The molecule has 0 bridgehead atoms. The van der Waals surface area contributed by atoms with Crippen molar-refractivity contribution in [2.24, 2.45) is 11.7 Å². The molecule has 0 aromatic heterocycles. The summed E-state index contributed by atoms with van der Waals surface area (Å²) in [7, 11) is 0. The molecule has 4 nitrogen and oxygen atoms in total. The molecule has 2 aromatic carbocycles. The molecule has 136 valence electrons. The molecule has 0 heterocycles. The van der Waals surface area contributed by atoms with Crippen molar-refractivity contribution < 1.29 is 23.8 Å². The highest BCUT2D eigenvalue weighted by atomic mass is 19.3. The Labute approximate surface area is 145 Å². The fraction of sp³-hybridized carbons (Fsp3) is 0.316. The fourth-order valence-electron chi connectivity index (χ4n) is 1.90. The Morgan fingerprint density at radius 2 is 1.68 bits per heavy atom. The van der Waals surface area contributed by atoms with Crippen LogP contribution in [-0.4, -0.2) is 28.1 Å². The zero-order valence-corrected chi connectivity index (χ0v) is 14.4. The lowest BCUT2D eigenvalue weighted by Gasteiger charge is -2.26. The number of alkyl halides is 2. The third-order valence-corrected chi connectivity index (χ3v) is 4.06. The molecule has 0 aliphatic heterocycles. The van der Waals surface area contributed by atoms with Crippen molar-refractivity contribution in [3.63, 3.8) is 0 Å². The third-order valence-electron chi connectivity index (χ3n) is 4.06. The van der Waals surface area contributed by atoms with Gasteiger partial charge in [-0.2, -0.15) is 0 Å². The van der Waals surface area contributed by atoms with Crippen molar-refractivity contribution in [2.75, 3.05) is 0 Å². The van der Waals surface area contributed by atoms with Crippen molar-refractivity contribution in [1.82, 2.24) is 0 Å². The van der Waals surface area contributed by atoms with Gasteiger partial charge < -0.3 is 15.9 Å². The molecule has 0 radical (unpaired) electrons. The lowest BCUT2D eigenvalue weighted by molar-refractivity contribution is -0.146. The van der Waals surface area contributed by atoms with E-state index >= 15 is 0 Å². The molecule has 0 saturated heterocycles. The van der Waals surface area contributed by atoms with Crippen LogP contribution in [0.15, 0.2) is 48.5 Å². The minimum atomic E-state index is -2.97. The number of aryl methyl sites for hydroxylation is 1. The van der Waals surface area contributed by atoms with Crippen LogP contribution >= 0.6 is 0 Å². The first kappa shape index (κ1) is 20.6. The Bertz CT molecular complexity index is 703. The molecule has 2 unspecified atom stereocenters. The first-order chi connectivity index (χ1) is 11.6. The minimum Gasteiger partial charge on any atom is -0.508 e. The minimum absolute atomic E-state index is 0.353. The van der Waals surface area contributed by atoms with Crippen molar-refractivity contribution in [1.29, 1.82) is 0 Å². The fourth-order valence-corrected chi connectivity index (χ4v) is 1.90. The van der Waals surface area contributed by atoms with Crippen LogP contribution in [0, 0.1) is 12.8 Å². The van der Waals surface area contributed by atoms with Crippen LogP contribution in [-0.2, 0) is 4.79 Å². The van der Waals surface area contributed by atoms with Crippen LogP contribution in [0.3, 0.4) is 0 Å². The highest BCUT2D eigenvalue weighted by Gasteiger charge is 2.41. The van der Waals surface area contributed by atoms with E-state index in [1.807, 2.05) is 49.4 Å². The van der Waals surface area contributed by atoms with E-state index in [9.17, 15) is 18.7 Å².